The topological polar surface area (TPSA) is 81.3 Å². The Hall–Kier alpha value is -3.26. The first-order chi connectivity index (χ1) is 12.1. The van der Waals surface area contributed by atoms with Gasteiger partial charge in [-0.1, -0.05) is 18.2 Å². The van der Waals surface area contributed by atoms with Gasteiger partial charge in [-0.3, -0.25) is 14.0 Å². The quantitative estimate of drug-likeness (QED) is 0.614. The van der Waals surface area contributed by atoms with Gasteiger partial charge >= 0.3 is 0 Å². The number of nitrogens with one attached hydrogen (secondary N) is 1. The minimum absolute atomic E-state index is 0.169. The van der Waals surface area contributed by atoms with Gasteiger partial charge in [-0.15, -0.1) is 11.3 Å². The van der Waals surface area contributed by atoms with E-state index in [1.54, 1.807) is 11.3 Å². The number of imidazole rings is 1. The molecule has 0 saturated heterocycles. The fourth-order valence-corrected chi connectivity index (χ4v) is 3.18. The summed E-state index contributed by atoms with van der Waals surface area (Å²) in [6.45, 7) is 0. The molecule has 8 heteroatoms. The van der Waals surface area contributed by atoms with Crippen molar-refractivity contribution in [2.24, 2.45) is 7.05 Å². The molecule has 1 amide bonds. The first kappa shape index (κ1) is 15.3. The van der Waals surface area contributed by atoms with E-state index in [-0.39, 0.29) is 17.2 Å². The molecule has 0 bridgehead atoms. The Bertz CT molecular complexity index is 1110. The van der Waals surface area contributed by atoms with Crippen LogP contribution in [-0.4, -0.2) is 25.1 Å². The normalized spacial score (nSPS) is 10.9. The van der Waals surface area contributed by atoms with E-state index >= 15 is 0 Å². The lowest BCUT2D eigenvalue weighted by Crippen LogP contribution is -2.23. The van der Waals surface area contributed by atoms with E-state index in [1.807, 2.05) is 46.4 Å². The number of para-hydroxylation sites is 1. The predicted molar refractivity (Wildman–Crippen MR) is 95.9 cm³/mol. The molecule has 25 heavy (non-hydrogen) atoms. The summed E-state index contributed by atoms with van der Waals surface area (Å²) in [6, 6.07) is 10.2. The Morgan fingerprint density at radius 3 is 2.84 bits per heavy atom. The summed E-state index contributed by atoms with van der Waals surface area (Å²) in [5.74, 6) is -0.385. The largest absolute Gasteiger partial charge is 0.320 e. The molecule has 0 fully saturated rings. The Morgan fingerprint density at radius 2 is 2.04 bits per heavy atom. The minimum atomic E-state index is -0.385. The summed E-state index contributed by atoms with van der Waals surface area (Å²) in [5, 5.41) is 8.78. The third kappa shape index (κ3) is 2.83. The van der Waals surface area contributed by atoms with Gasteiger partial charge in [-0.25, -0.2) is 9.67 Å². The van der Waals surface area contributed by atoms with E-state index in [0.29, 0.717) is 5.69 Å². The van der Waals surface area contributed by atoms with Gasteiger partial charge in [0.1, 0.15) is 5.69 Å². The molecule has 0 atom stereocenters. The molecule has 1 N–H and O–H groups in total. The third-order valence-electron chi connectivity index (χ3n) is 3.74. The Balaban J connectivity index is 1.69. The standard InChI is InChI=1S/C17H13N5O2S/c1-21-15(23)7-6-13(20-21)16(24)18-12-5-3-2-4-11(12)14-10-22-8-9-25-17(22)19-14/h2-10H,1H3,(H,18,24). The fraction of sp³-hybridized carbons (Fsp3) is 0.0588. The van der Waals surface area contributed by atoms with E-state index < -0.39 is 0 Å². The number of carbonyl (C=O) groups is 1. The van der Waals surface area contributed by atoms with E-state index in [9.17, 15) is 9.59 Å². The van der Waals surface area contributed by atoms with Crippen molar-refractivity contribution in [3.63, 3.8) is 0 Å². The first-order valence-corrected chi connectivity index (χ1v) is 8.37. The van der Waals surface area contributed by atoms with E-state index in [1.165, 1.54) is 19.2 Å². The smallest absolute Gasteiger partial charge is 0.276 e. The highest BCUT2D eigenvalue weighted by Crippen LogP contribution is 2.28. The second-order valence-electron chi connectivity index (χ2n) is 5.40. The second kappa shape index (κ2) is 5.99. The molecule has 0 spiro atoms. The van der Waals surface area contributed by atoms with Crippen LogP contribution in [0.5, 0.6) is 0 Å². The van der Waals surface area contributed by atoms with Crippen LogP contribution in [0.15, 0.2) is 59.0 Å². The van der Waals surface area contributed by atoms with Crippen molar-refractivity contribution < 1.29 is 4.79 Å². The number of thiazole rings is 1. The van der Waals surface area contributed by atoms with Crippen molar-refractivity contribution in [2.75, 3.05) is 5.32 Å². The molecule has 0 aliphatic carbocycles. The number of amides is 1. The van der Waals surface area contributed by atoms with Crippen molar-refractivity contribution in [1.82, 2.24) is 19.2 Å². The Kier molecular flexibility index (Phi) is 3.66. The van der Waals surface area contributed by atoms with E-state index in [2.05, 4.69) is 15.4 Å². The van der Waals surface area contributed by atoms with Crippen molar-refractivity contribution in [3.8, 4) is 11.3 Å². The van der Waals surface area contributed by atoms with Gasteiger partial charge in [0.25, 0.3) is 11.5 Å². The molecule has 0 aliphatic rings. The highest BCUT2D eigenvalue weighted by atomic mass is 32.1. The van der Waals surface area contributed by atoms with Gasteiger partial charge in [-0.05, 0) is 12.1 Å². The second-order valence-corrected chi connectivity index (χ2v) is 6.27. The number of hydrogen-bond donors (Lipinski definition) is 1. The highest BCUT2D eigenvalue weighted by Gasteiger charge is 2.14. The summed E-state index contributed by atoms with van der Waals surface area (Å²) in [7, 11) is 1.50. The van der Waals surface area contributed by atoms with Crippen LogP contribution in [0.2, 0.25) is 0 Å². The highest BCUT2D eigenvalue weighted by molar-refractivity contribution is 7.15. The van der Waals surface area contributed by atoms with Crippen LogP contribution in [0.4, 0.5) is 5.69 Å². The van der Waals surface area contributed by atoms with Crippen LogP contribution in [0.25, 0.3) is 16.2 Å². The lowest BCUT2D eigenvalue weighted by molar-refractivity contribution is 0.102. The number of anilines is 1. The zero-order valence-electron chi connectivity index (χ0n) is 13.2. The summed E-state index contributed by atoms with van der Waals surface area (Å²) in [4.78, 5) is 29.3. The van der Waals surface area contributed by atoms with Crippen molar-refractivity contribution in [1.29, 1.82) is 0 Å². The molecule has 0 radical (unpaired) electrons. The van der Waals surface area contributed by atoms with Crippen molar-refractivity contribution >= 4 is 27.9 Å². The maximum absolute atomic E-state index is 12.5. The molecule has 0 unspecified atom stereocenters. The molecule has 3 aromatic heterocycles. The average Bonchev–Trinajstić information content (AvgIpc) is 3.19. The number of hydrogen-bond acceptors (Lipinski definition) is 5. The number of fused-ring (bicyclic) bond motifs is 1. The summed E-state index contributed by atoms with van der Waals surface area (Å²) in [5.41, 5.74) is 2.12. The van der Waals surface area contributed by atoms with Crippen LogP contribution in [0.1, 0.15) is 10.5 Å². The molecule has 0 aliphatic heterocycles. The van der Waals surface area contributed by atoms with Gasteiger partial charge in [0, 0.05) is 36.5 Å². The minimum Gasteiger partial charge on any atom is -0.320 e. The molecule has 1 aromatic carbocycles. The van der Waals surface area contributed by atoms with Crippen molar-refractivity contribution in [2.45, 2.75) is 0 Å². The van der Waals surface area contributed by atoms with Gasteiger partial charge < -0.3 is 5.32 Å². The zero-order valence-corrected chi connectivity index (χ0v) is 14.0. The Labute approximate surface area is 146 Å². The van der Waals surface area contributed by atoms with Gasteiger partial charge in [0.15, 0.2) is 4.96 Å². The molecular weight excluding hydrogens is 338 g/mol. The summed E-state index contributed by atoms with van der Waals surface area (Å²) < 4.78 is 3.07. The molecule has 124 valence electrons. The lowest BCUT2D eigenvalue weighted by atomic mass is 10.1. The molecule has 4 aromatic rings. The number of carbonyl (C=O) groups excluding carboxylic acids is 1. The lowest BCUT2D eigenvalue weighted by Gasteiger charge is -2.09. The van der Waals surface area contributed by atoms with Gasteiger partial charge in [-0.2, -0.15) is 5.10 Å². The number of nitrogens with zero attached hydrogens (tertiary/aromatic N) is 4. The van der Waals surface area contributed by atoms with E-state index in [0.717, 1.165) is 20.9 Å². The van der Waals surface area contributed by atoms with Crippen LogP contribution in [-0.2, 0) is 7.05 Å². The molecule has 0 saturated carbocycles. The van der Waals surface area contributed by atoms with Gasteiger partial charge in [0.05, 0.1) is 11.4 Å². The number of aromatic nitrogens is 4. The first-order valence-electron chi connectivity index (χ1n) is 7.49. The maximum Gasteiger partial charge on any atom is 0.276 e. The Morgan fingerprint density at radius 1 is 1.20 bits per heavy atom. The van der Waals surface area contributed by atoms with Crippen LogP contribution < -0.4 is 10.9 Å². The molecule has 7 nitrogen and oxygen atoms in total. The number of aryl methyl sites for hydroxylation is 1. The maximum atomic E-state index is 12.5. The molecule has 4 rings (SSSR count). The van der Waals surface area contributed by atoms with Crippen molar-refractivity contribution in [3.05, 3.63) is 70.2 Å². The molecular formula is C17H13N5O2S. The number of benzene rings is 1. The summed E-state index contributed by atoms with van der Waals surface area (Å²) in [6.07, 6.45) is 3.85. The molecule has 3 heterocycles. The average molecular weight is 351 g/mol. The van der Waals surface area contributed by atoms with Gasteiger partial charge in [0.2, 0.25) is 0 Å². The zero-order chi connectivity index (χ0) is 17.4. The SMILES string of the molecule is Cn1nc(C(=O)Nc2ccccc2-c2cn3ccsc3n2)ccc1=O. The van der Waals surface area contributed by atoms with Crippen LogP contribution in [0, 0.1) is 0 Å². The number of rotatable bonds is 3. The fourth-order valence-electron chi connectivity index (χ4n) is 2.48. The van der Waals surface area contributed by atoms with Crippen LogP contribution >= 0.6 is 11.3 Å². The third-order valence-corrected chi connectivity index (χ3v) is 4.51. The summed E-state index contributed by atoms with van der Waals surface area (Å²) >= 11 is 1.54. The van der Waals surface area contributed by atoms with E-state index in [4.69, 9.17) is 0 Å². The van der Waals surface area contributed by atoms with Crippen LogP contribution in [0.3, 0.4) is 0 Å². The predicted octanol–water partition coefficient (Wildman–Crippen LogP) is 2.41. The monoisotopic (exact) mass is 351 g/mol.